The Bertz CT molecular complexity index is 1170. The summed E-state index contributed by atoms with van der Waals surface area (Å²) in [6.45, 7) is 0. The van der Waals surface area contributed by atoms with Crippen molar-refractivity contribution in [2.45, 2.75) is 0 Å². The number of anilines is 2. The summed E-state index contributed by atoms with van der Waals surface area (Å²) in [4.78, 5) is 32.7. The average molecular weight is 396 g/mol. The van der Waals surface area contributed by atoms with Gasteiger partial charge in [0.2, 0.25) is 11.8 Å². The van der Waals surface area contributed by atoms with Crippen molar-refractivity contribution in [1.82, 2.24) is 24.9 Å². The second-order valence-electron chi connectivity index (χ2n) is 5.75. The van der Waals surface area contributed by atoms with Crippen LogP contribution in [0.25, 0.3) is 22.6 Å². The van der Waals surface area contributed by atoms with Gasteiger partial charge in [0.05, 0.1) is 18.2 Å². The van der Waals surface area contributed by atoms with Crippen molar-refractivity contribution in [2.75, 3.05) is 18.2 Å². The number of methoxy groups -OCH3 is 1. The van der Waals surface area contributed by atoms with Crippen molar-refractivity contribution in [1.29, 1.82) is 0 Å². The number of fused-ring (bicyclic) bond motifs is 1. The van der Waals surface area contributed by atoms with Crippen LogP contribution in [-0.4, -0.2) is 37.9 Å². The number of carbonyl (C=O) groups is 1. The normalized spacial score (nSPS) is 10.8. The van der Waals surface area contributed by atoms with E-state index in [0.29, 0.717) is 34.0 Å². The fourth-order valence-electron chi connectivity index (χ4n) is 2.66. The number of hydrogen-bond donors (Lipinski definition) is 3. The fraction of sp³-hybridized carbons (Fsp3) is 0.0556. The van der Waals surface area contributed by atoms with Crippen LogP contribution in [-0.2, 0) is 0 Å². The van der Waals surface area contributed by atoms with Crippen LogP contribution in [0.1, 0.15) is 10.4 Å². The minimum atomic E-state index is -0.441. The highest BCUT2D eigenvalue weighted by Crippen LogP contribution is 2.24. The molecule has 4 N–H and O–H groups in total. The number of para-hydroxylation sites is 1. The highest BCUT2D eigenvalue weighted by Gasteiger charge is 2.16. The number of benzene rings is 1. The number of carbonyl (C=O) groups excluding carboxylic acids is 1. The third kappa shape index (κ3) is 3.42. The summed E-state index contributed by atoms with van der Waals surface area (Å²) in [6.07, 6.45) is 0. The molecule has 0 saturated carbocycles. The molecule has 0 aliphatic carbocycles. The first-order valence-corrected chi connectivity index (χ1v) is 8.53. The molecule has 1 aromatic carbocycles. The molecule has 4 rings (SSSR count). The van der Waals surface area contributed by atoms with Gasteiger partial charge in [0.1, 0.15) is 22.2 Å². The Balaban J connectivity index is 1.71. The summed E-state index contributed by atoms with van der Waals surface area (Å²) in [6, 6.07) is 11.9. The number of ether oxygens (including phenoxy) is 1. The van der Waals surface area contributed by atoms with Crippen LogP contribution >= 0.6 is 11.6 Å². The summed E-state index contributed by atoms with van der Waals surface area (Å²) in [5.74, 6) is 0.699. The van der Waals surface area contributed by atoms with E-state index in [1.165, 1.54) is 13.2 Å². The third-order valence-corrected chi connectivity index (χ3v) is 4.07. The summed E-state index contributed by atoms with van der Waals surface area (Å²) < 4.78 is 5.15. The van der Waals surface area contributed by atoms with Crippen LogP contribution < -0.4 is 15.8 Å². The summed E-state index contributed by atoms with van der Waals surface area (Å²) >= 11 is 5.85. The molecule has 0 unspecified atom stereocenters. The lowest BCUT2D eigenvalue weighted by Crippen LogP contribution is -2.15. The predicted octanol–water partition coefficient (Wildman–Crippen LogP) is 2.91. The molecule has 0 saturated heterocycles. The molecular weight excluding hydrogens is 382 g/mol. The van der Waals surface area contributed by atoms with Crippen molar-refractivity contribution < 1.29 is 9.53 Å². The van der Waals surface area contributed by atoms with Crippen LogP contribution in [0.2, 0.25) is 5.15 Å². The first-order valence-electron chi connectivity index (χ1n) is 8.15. The van der Waals surface area contributed by atoms with Gasteiger partial charge in [-0.25, -0.2) is 15.0 Å². The molecule has 1 amide bonds. The molecule has 0 aliphatic heterocycles. The molecule has 0 radical (unpaired) electrons. The molecule has 4 aromatic rings. The highest BCUT2D eigenvalue weighted by atomic mass is 35.5. The number of rotatable bonds is 4. The maximum absolute atomic E-state index is 12.7. The zero-order chi connectivity index (χ0) is 19.7. The Kier molecular flexibility index (Phi) is 4.50. The molecule has 28 heavy (non-hydrogen) atoms. The van der Waals surface area contributed by atoms with Crippen LogP contribution in [0.5, 0.6) is 5.88 Å². The Morgan fingerprint density at radius 1 is 1.14 bits per heavy atom. The Hall–Kier alpha value is -3.72. The molecule has 140 valence electrons. The number of nitrogens with one attached hydrogen (secondary N) is 2. The number of hydrogen-bond acceptors (Lipinski definition) is 7. The van der Waals surface area contributed by atoms with Crippen molar-refractivity contribution in [3.63, 3.8) is 0 Å². The molecular formula is C18H14ClN7O2. The number of H-pyrrole nitrogens is 1. The standard InChI is InChI=1S/C18H14ClN7O2/c1-28-14-7-3-6-11(21-14)16-22-10-5-2-4-9(15(10)25-16)17(27)26-18-23-12(19)8-13(20)24-18/h2-8H,1H3,(H,22,25)(H3,20,23,24,26,27). The molecule has 10 heteroatoms. The van der Waals surface area contributed by atoms with Gasteiger partial charge in [0, 0.05) is 12.1 Å². The van der Waals surface area contributed by atoms with Crippen molar-refractivity contribution in [3.05, 3.63) is 53.2 Å². The lowest BCUT2D eigenvalue weighted by Gasteiger charge is -2.05. The number of pyridine rings is 1. The largest absolute Gasteiger partial charge is 0.481 e. The average Bonchev–Trinajstić information content (AvgIpc) is 3.11. The zero-order valence-corrected chi connectivity index (χ0v) is 15.4. The third-order valence-electron chi connectivity index (χ3n) is 3.87. The number of imidazole rings is 1. The van der Waals surface area contributed by atoms with Crippen LogP contribution in [0.15, 0.2) is 42.5 Å². The lowest BCUT2D eigenvalue weighted by atomic mass is 10.2. The molecule has 3 heterocycles. The maximum atomic E-state index is 12.7. The summed E-state index contributed by atoms with van der Waals surface area (Å²) in [7, 11) is 1.54. The number of nitrogens with two attached hydrogens (primary N) is 1. The van der Waals surface area contributed by atoms with Gasteiger partial charge in [-0.15, -0.1) is 0 Å². The van der Waals surface area contributed by atoms with Crippen LogP contribution in [0.3, 0.4) is 0 Å². The van der Waals surface area contributed by atoms with Gasteiger partial charge >= 0.3 is 0 Å². The van der Waals surface area contributed by atoms with Crippen LogP contribution in [0.4, 0.5) is 11.8 Å². The second kappa shape index (κ2) is 7.12. The smallest absolute Gasteiger partial charge is 0.260 e. The van der Waals surface area contributed by atoms with Crippen molar-refractivity contribution in [3.8, 4) is 17.4 Å². The number of aromatic amines is 1. The van der Waals surface area contributed by atoms with Gasteiger partial charge in [0.15, 0.2) is 5.82 Å². The fourth-order valence-corrected chi connectivity index (χ4v) is 2.85. The SMILES string of the molecule is COc1cccc(-c2nc3c(C(=O)Nc4nc(N)cc(Cl)n4)cccc3[nH]2)n1. The predicted molar refractivity (Wildman–Crippen MR) is 105 cm³/mol. The molecule has 0 atom stereocenters. The lowest BCUT2D eigenvalue weighted by molar-refractivity contribution is 0.102. The van der Waals surface area contributed by atoms with E-state index in [0.717, 1.165) is 0 Å². The van der Waals surface area contributed by atoms with Gasteiger partial charge < -0.3 is 15.5 Å². The monoisotopic (exact) mass is 395 g/mol. The minimum Gasteiger partial charge on any atom is -0.481 e. The van der Waals surface area contributed by atoms with Crippen molar-refractivity contribution in [2.24, 2.45) is 0 Å². The van der Waals surface area contributed by atoms with E-state index in [9.17, 15) is 4.79 Å². The van der Waals surface area contributed by atoms with Gasteiger partial charge in [-0.1, -0.05) is 23.7 Å². The summed E-state index contributed by atoms with van der Waals surface area (Å²) in [5.41, 5.74) is 7.72. The van der Waals surface area contributed by atoms with E-state index < -0.39 is 5.91 Å². The molecule has 0 fully saturated rings. The zero-order valence-electron chi connectivity index (χ0n) is 14.6. The van der Waals surface area contributed by atoms with E-state index in [1.54, 1.807) is 24.3 Å². The summed E-state index contributed by atoms with van der Waals surface area (Å²) in [5, 5.41) is 2.72. The van der Waals surface area contributed by atoms with E-state index >= 15 is 0 Å². The Morgan fingerprint density at radius 3 is 2.75 bits per heavy atom. The molecule has 9 nitrogen and oxygen atoms in total. The Morgan fingerprint density at radius 2 is 1.96 bits per heavy atom. The van der Waals surface area contributed by atoms with E-state index in [2.05, 4.69) is 30.2 Å². The van der Waals surface area contributed by atoms with E-state index in [1.807, 2.05) is 12.1 Å². The van der Waals surface area contributed by atoms with E-state index in [4.69, 9.17) is 22.1 Å². The highest BCUT2D eigenvalue weighted by molar-refractivity contribution is 6.29. The quantitative estimate of drug-likeness (QED) is 0.452. The maximum Gasteiger partial charge on any atom is 0.260 e. The van der Waals surface area contributed by atoms with Gasteiger partial charge in [-0.3, -0.25) is 10.1 Å². The number of aromatic nitrogens is 5. The molecule has 0 aliphatic rings. The van der Waals surface area contributed by atoms with E-state index in [-0.39, 0.29) is 16.9 Å². The minimum absolute atomic E-state index is 0.0113. The van der Waals surface area contributed by atoms with Crippen LogP contribution in [0, 0.1) is 0 Å². The first kappa shape index (κ1) is 17.7. The number of nitrogens with zero attached hydrogens (tertiary/aromatic N) is 4. The molecule has 0 spiro atoms. The van der Waals surface area contributed by atoms with Crippen molar-refractivity contribution >= 4 is 40.3 Å². The van der Waals surface area contributed by atoms with Gasteiger partial charge in [0.25, 0.3) is 5.91 Å². The molecule has 3 aromatic heterocycles. The van der Waals surface area contributed by atoms with Gasteiger partial charge in [-0.05, 0) is 18.2 Å². The number of nitrogen functional groups attached to an aromatic ring is 1. The number of amides is 1. The Labute approximate surface area is 164 Å². The molecule has 0 bridgehead atoms. The second-order valence-corrected chi connectivity index (χ2v) is 6.13. The van der Waals surface area contributed by atoms with Gasteiger partial charge in [-0.2, -0.15) is 4.98 Å². The topological polar surface area (TPSA) is 132 Å². The number of halogens is 1. The first-order chi connectivity index (χ1) is 13.5.